The first-order valence-corrected chi connectivity index (χ1v) is 9.73. The molecule has 2 amide bonds. The van der Waals surface area contributed by atoms with Crippen molar-refractivity contribution in [3.05, 3.63) is 71.3 Å². The minimum absolute atomic E-state index is 0.176. The van der Waals surface area contributed by atoms with Crippen molar-refractivity contribution >= 4 is 12.0 Å². The van der Waals surface area contributed by atoms with E-state index < -0.39 is 5.97 Å². The number of benzene rings is 2. The molecule has 1 aliphatic rings. The summed E-state index contributed by atoms with van der Waals surface area (Å²) in [5.74, 6) is -0.952. The van der Waals surface area contributed by atoms with E-state index in [-0.39, 0.29) is 17.6 Å². The molecule has 1 aliphatic heterocycles. The zero-order chi connectivity index (χ0) is 19.8. The highest BCUT2D eigenvalue weighted by atomic mass is 16.4. The Morgan fingerprint density at radius 1 is 0.964 bits per heavy atom. The lowest BCUT2D eigenvalue weighted by atomic mass is 10.0. The second-order valence-corrected chi connectivity index (χ2v) is 7.18. The molecule has 28 heavy (non-hydrogen) atoms. The normalized spacial score (nSPS) is 15.1. The largest absolute Gasteiger partial charge is 0.478 e. The Bertz CT molecular complexity index is 769. The third-order valence-electron chi connectivity index (χ3n) is 5.14. The molecule has 3 rings (SSSR count). The van der Waals surface area contributed by atoms with Crippen LogP contribution in [0.5, 0.6) is 0 Å². The van der Waals surface area contributed by atoms with E-state index in [0.717, 1.165) is 44.5 Å². The van der Waals surface area contributed by atoms with Gasteiger partial charge in [-0.25, -0.2) is 9.59 Å². The molecular weight excluding hydrogens is 354 g/mol. The van der Waals surface area contributed by atoms with Gasteiger partial charge >= 0.3 is 12.0 Å². The van der Waals surface area contributed by atoms with Gasteiger partial charge in [-0.3, -0.25) is 0 Å². The first kappa shape index (κ1) is 19.9. The van der Waals surface area contributed by atoms with Crippen LogP contribution in [0.3, 0.4) is 0 Å². The van der Waals surface area contributed by atoms with Gasteiger partial charge in [0, 0.05) is 32.2 Å². The highest BCUT2D eigenvalue weighted by Crippen LogP contribution is 2.12. The summed E-state index contributed by atoms with van der Waals surface area (Å²) in [4.78, 5) is 25.4. The van der Waals surface area contributed by atoms with Gasteiger partial charge in [-0.15, -0.1) is 0 Å². The number of aromatic carboxylic acids is 1. The quantitative estimate of drug-likeness (QED) is 0.689. The van der Waals surface area contributed by atoms with E-state index in [9.17, 15) is 9.59 Å². The van der Waals surface area contributed by atoms with Crippen LogP contribution in [0.25, 0.3) is 0 Å². The maximum atomic E-state index is 12.1. The molecule has 0 unspecified atom stereocenters. The first-order valence-electron chi connectivity index (χ1n) is 9.73. The molecule has 0 spiro atoms. The predicted octanol–water partition coefficient (Wildman–Crippen LogP) is 2.89. The van der Waals surface area contributed by atoms with Gasteiger partial charge in [-0.05, 0) is 42.5 Å². The summed E-state index contributed by atoms with van der Waals surface area (Å²) in [6.07, 6.45) is 2.96. The predicted molar refractivity (Wildman–Crippen MR) is 108 cm³/mol. The number of rotatable bonds is 7. The zero-order valence-corrected chi connectivity index (χ0v) is 15.9. The average molecular weight is 381 g/mol. The van der Waals surface area contributed by atoms with Crippen molar-refractivity contribution in [1.29, 1.82) is 0 Å². The lowest BCUT2D eigenvalue weighted by molar-refractivity contribution is 0.0697. The molecule has 3 N–H and O–H groups in total. The van der Waals surface area contributed by atoms with E-state index >= 15 is 0 Å². The van der Waals surface area contributed by atoms with Crippen molar-refractivity contribution in [2.24, 2.45) is 0 Å². The fourth-order valence-electron chi connectivity index (χ4n) is 3.42. The fraction of sp³-hybridized carbons (Fsp3) is 0.364. The number of urea groups is 1. The maximum Gasteiger partial charge on any atom is 0.335 e. The van der Waals surface area contributed by atoms with Crippen molar-refractivity contribution in [2.45, 2.75) is 31.8 Å². The maximum absolute atomic E-state index is 12.1. The highest BCUT2D eigenvalue weighted by Gasteiger charge is 2.20. The number of amides is 2. The Morgan fingerprint density at radius 3 is 2.29 bits per heavy atom. The third kappa shape index (κ3) is 6.09. The van der Waals surface area contributed by atoms with E-state index in [0.29, 0.717) is 6.54 Å². The van der Waals surface area contributed by atoms with Gasteiger partial charge in [0.15, 0.2) is 0 Å². The van der Waals surface area contributed by atoms with Gasteiger partial charge in [0.2, 0.25) is 0 Å². The van der Waals surface area contributed by atoms with Crippen LogP contribution in [0.15, 0.2) is 54.6 Å². The molecule has 0 bridgehead atoms. The van der Waals surface area contributed by atoms with E-state index in [1.165, 1.54) is 5.56 Å². The summed E-state index contributed by atoms with van der Waals surface area (Å²) in [5, 5.41) is 14.8. The molecule has 6 heteroatoms. The van der Waals surface area contributed by atoms with Gasteiger partial charge in [0.25, 0.3) is 0 Å². The summed E-state index contributed by atoms with van der Waals surface area (Å²) >= 11 is 0. The van der Waals surface area contributed by atoms with Crippen LogP contribution in [0.2, 0.25) is 0 Å². The number of nitrogens with one attached hydrogen (secondary N) is 2. The smallest absolute Gasteiger partial charge is 0.335 e. The van der Waals surface area contributed by atoms with Gasteiger partial charge < -0.3 is 20.6 Å². The average Bonchev–Trinajstić information content (AvgIpc) is 2.73. The van der Waals surface area contributed by atoms with Crippen molar-refractivity contribution in [1.82, 2.24) is 15.5 Å². The molecule has 0 aromatic heterocycles. The lowest BCUT2D eigenvalue weighted by Crippen LogP contribution is -2.48. The molecule has 0 aliphatic carbocycles. The number of carbonyl (C=O) groups is 2. The summed E-state index contributed by atoms with van der Waals surface area (Å²) in [6, 6.07) is 17.1. The number of carbonyl (C=O) groups excluding carboxylic acids is 1. The Balaban J connectivity index is 1.33. The molecule has 6 nitrogen and oxygen atoms in total. The molecule has 1 fully saturated rings. The van der Waals surface area contributed by atoms with Crippen LogP contribution < -0.4 is 10.6 Å². The number of hydrogen-bond acceptors (Lipinski definition) is 3. The minimum atomic E-state index is -0.952. The standard InChI is InChI=1S/C22H27N3O3/c26-21(27)19-8-6-18(7-9-19)16-23-22(28)24-20-11-14-25(15-12-20)13-10-17-4-2-1-3-5-17/h1-9,20H,10-16H2,(H,26,27)(H2,23,24,28). The van der Waals surface area contributed by atoms with E-state index in [2.05, 4.69) is 39.8 Å². The van der Waals surface area contributed by atoms with Crippen LogP contribution in [-0.2, 0) is 13.0 Å². The van der Waals surface area contributed by atoms with Crippen molar-refractivity contribution in [3.63, 3.8) is 0 Å². The van der Waals surface area contributed by atoms with Gasteiger partial charge in [-0.2, -0.15) is 0 Å². The van der Waals surface area contributed by atoms with Crippen LogP contribution >= 0.6 is 0 Å². The summed E-state index contributed by atoms with van der Waals surface area (Å²) in [7, 11) is 0. The lowest BCUT2D eigenvalue weighted by Gasteiger charge is -2.32. The Morgan fingerprint density at radius 2 is 1.64 bits per heavy atom. The van der Waals surface area contributed by atoms with Gasteiger partial charge in [0.05, 0.1) is 5.56 Å². The van der Waals surface area contributed by atoms with Crippen LogP contribution in [0, 0.1) is 0 Å². The monoisotopic (exact) mass is 381 g/mol. The Hall–Kier alpha value is -2.86. The van der Waals surface area contributed by atoms with Crippen LogP contribution in [-0.4, -0.2) is 47.7 Å². The summed E-state index contributed by atoms with van der Waals surface area (Å²) < 4.78 is 0. The SMILES string of the molecule is O=C(NCc1ccc(C(=O)O)cc1)NC1CCN(CCc2ccccc2)CC1. The fourth-order valence-corrected chi connectivity index (χ4v) is 3.42. The van der Waals surface area contributed by atoms with E-state index in [1.54, 1.807) is 24.3 Å². The van der Waals surface area contributed by atoms with Crippen molar-refractivity contribution < 1.29 is 14.7 Å². The first-order chi connectivity index (χ1) is 13.6. The molecule has 0 radical (unpaired) electrons. The number of likely N-dealkylation sites (tertiary alicyclic amines) is 1. The van der Waals surface area contributed by atoms with Gasteiger partial charge in [0.1, 0.15) is 0 Å². The van der Waals surface area contributed by atoms with E-state index in [4.69, 9.17) is 5.11 Å². The molecule has 148 valence electrons. The van der Waals surface area contributed by atoms with Crippen LogP contribution in [0.1, 0.15) is 34.3 Å². The van der Waals surface area contributed by atoms with Crippen molar-refractivity contribution in [3.8, 4) is 0 Å². The molecule has 2 aromatic carbocycles. The minimum Gasteiger partial charge on any atom is -0.478 e. The van der Waals surface area contributed by atoms with Gasteiger partial charge in [-0.1, -0.05) is 42.5 Å². The summed E-state index contributed by atoms with van der Waals surface area (Å²) in [6.45, 7) is 3.42. The molecule has 0 saturated carbocycles. The Labute approximate surface area is 165 Å². The molecule has 1 saturated heterocycles. The Kier molecular flexibility index (Phi) is 7.03. The van der Waals surface area contributed by atoms with Crippen LogP contribution in [0.4, 0.5) is 4.79 Å². The molecule has 1 heterocycles. The number of carboxylic acids is 1. The number of hydrogen-bond donors (Lipinski definition) is 3. The second-order valence-electron chi connectivity index (χ2n) is 7.18. The number of carboxylic acid groups (broad SMARTS) is 1. The number of piperidine rings is 1. The summed E-state index contributed by atoms with van der Waals surface area (Å²) in [5.41, 5.74) is 2.47. The number of nitrogens with zero attached hydrogens (tertiary/aromatic N) is 1. The topological polar surface area (TPSA) is 81.7 Å². The third-order valence-corrected chi connectivity index (χ3v) is 5.14. The zero-order valence-electron chi connectivity index (χ0n) is 15.9. The van der Waals surface area contributed by atoms with E-state index in [1.807, 2.05) is 6.07 Å². The molecule has 0 atom stereocenters. The highest BCUT2D eigenvalue weighted by molar-refractivity contribution is 5.87. The molecule has 2 aromatic rings. The molecular formula is C22H27N3O3. The second kappa shape index (κ2) is 9.90. The van der Waals surface area contributed by atoms with Crippen molar-refractivity contribution in [2.75, 3.05) is 19.6 Å².